The van der Waals surface area contributed by atoms with Gasteiger partial charge in [0.15, 0.2) is 0 Å². The van der Waals surface area contributed by atoms with Crippen LogP contribution in [0.25, 0.3) is 0 Å². The third kappa shape index (κ3) is 3.28. The molecular formula is C11H19N3OS. The van der Waals surface area contributed by atoms with Crippen LogP contribution in [0, 0.1) is 19.3 Å². The molecule has 1 heterocycles. The highest BCUT2D eigenvalue weighted by Crippen LogP contribution is 2.17. The summed E-state index contributed by atoms with van der Waals surface area (Å²) >= 11 is 1.68. The zero-order chi connectivity index (χ0) is 12.3. The third-order valence-corrected chi connectivity index (χ3v) is 3.66. The highest BCUT2D eigenvalue weighted by atomic mass is 32.1. The van der Waals surface area contributed by atoms with Crippen LogP contribution in [0.15, 0.2) is 0 Å². The number of rotatable bonds is 5. The van der Waals surface area contributed by atoms with Gasteiger partial charge in [-0.1, -0.05) is 0 Å². The van der Waals surface area contributed by atoms with Crippen LogP contribution in [-0.4, -0.2) is 17.4 Å². The first-order valence-corrected chi connectivity index (χ1v) is 6.08. The number of carbonyl (C=O) groups is 1. The Kier molecular flexibility index (Phi) is 4.04. The number of primary amides is 1. The number of nitrogens with two attached hydrogens (primary N) is 1. The van der Waals surface area contributed by atoms with E-state index in [9.17, 15) is 4.79 Å². The summed E-state index contributed by atoms with van der Waals surface area (Å²) in [6.45, 7) is 8.99. The largest absolute Gasteiger partial charge is 0.369 e. The molecule has 1 rings (SSSR count). The van der Waals surface area contributed by atoms with Crippen molar-refractivity contribution in [2.75, 3.05) is 6.54 Å². The van der Waals surface area contributed by atoms with E-state index in [1.165, 1.54) is 4.88 Å². The molecule has 0 unspecified atom stereocenters. The van der Waals surface area contributed by atoms with Gasteiger partial charge in [-0.3, -0.25) is 4.79 Å². The molecule has 0 fully saturated rings. The fraction of sp³-hybridized carbons (Fsp3) is 0.636. The van der Waals surface area contributed by atoms with Crippen molar-refractivity contribution in [2.24, 2.45) is 11.1 Å². The summed E-state index contributed by atoms with van der Waals surface area (Å²) in [6, 6.07) is 0. The number of aromatic nitrogens is 1. The Bertz CT molecular complexity index is 365. The monoisotopic (exact) mass is 241 g/mol. The van der Waals surface area contributed by atoms with Gasteiger partial charge in [0.05, 0.1) is 11.1 Å². The second-order valence-electron chi connectivity index (χ2n) is 4.60. The smallest absolute Gasteiger partial charge is 0.224 e. The Hall–Kier alpha value is -0.940. The van der Waals surface area contributed by atoms with E-state index in [4.69, 9.17) is 5.73 Å². The van der Waals surface area contributed by atoms with E-state index in [0.29, 0.717) is 13.1 Å². The summed E-state index contributed by atoms with van der Waals surface area (Å²) < 4.78 is 0. The predicted octanol–water partition coefficient (Wildman–Crippen LogP) is 1.36. The molecule has 0 aliphatic heterocycles. The van der Waals surface area contributed by atoms with Crippen LogP contribution in [-0.2, 0) is 11.3 Å². The van der Waals surface area contributed by atoms with Crippen molar-refractivity contribution in [3.05, 3.63) is 15.6 Å². The number of hydrogen-bond acceptors (Lipinski definition) is 4. The van der Waals surface area contributed by atoms with Crippen LogP contribution in [0.1, 0.15) is 29.4 Å². The highest BCUT2D eigenvalue weighted by Gasteiger charge is 2.24. The minimum Gasteiger partial charge on any atom is -0.369 e. The maximum atomic E-state index is 11.1. The molecule has 0 bridgehead atoms. The van der Waals surface area contributed by atoms with Crippen molar-refractivity contribution in [2.45, 2.75) is 34.2 Å². The molecule has 0 saturated heterocycles. The number of carbonyl (C=O) groups excluding carboxylic acids is 1. The van der Waals surface area contributed by atoms with Crippen molar-refractivity contribution < 1.29 is 4.79 Å². The molecule has 4 nitrogen and oxygen atoms in total. The molecule has 0 aliphatic rings. The van der Waals surface area contributed by atoms with Gasteiger partial charge in [0.25, 0.3) is 0 Å². The van der Waals surface area contributed by atoms with Crippen molar-refractivity contribution in [1.82, 2.24) is 10.3 Å². The van der Waals surface area contributed by atoms with E-state index in [-0.39, 0.29) is 5.91 Å². The first kappa shape index (κ1) is 13.1. The number of aryl methyl sites for hydroxylation is 2. The van der Waals surface area contributed by atoms with Crippen molar-refractivity contribution >= 4 is 17.2 Å². The van der Waals surface area contributed by atoms with Crippen molar-refractivity contribution in [1.29, 1.82) is 0 Å². The van der Waals surface area contributed by atoms with Crippen molar-refractivity contribution in [3.63, 3.8) is 0 Å². The number of thiazole rings is 1. The molecule has 0 aromatic carbocycles. The second-order valence-corrected chi connectivity index (χ2v) is 5.89. The van der Waals surface area contributed by atoms with Crippen molar-refractivity contribution in [3.8, 4) is 0 Å². The van der Waals surface area contributed by atoms with E-state index in [1.807, 2.05) is 20.8 Å². The first-order chi connectivity index (χ1) is 7.33. The van der Waals surface area contributed by atoms with Gasteiger partial charge in [-0.25, -0.2) is 4.98 Å². The van der Waals surface area contributed by atoms with Gasteiger partial charge in [0.2, 0.25) is 5.91 Å². The standard InChI is InChI=1S/C11H19N3OS/c1-7-8(2)16-9(14-7)5-13-6-11(3,4)10(12)15/h13H,5-6H2,1-4H3,(H2,12,15). The van der Waals surface area contributed by atoms with E-state index in [1.54, 1.807) is 11.3 Å². The molecule has 90 valence electrons. The Balaban J connectivity index is 2.44. The summed E-state index contributed by atoms with van der Waals surface area (Å²) in [5.41, 5.74) is 5.85. The zero-order valence-corrected chi connectivity index (χ0v) is 11.1. The minimum atomic E-state index is -0.513. The van der Waals surface area contributed by atoms with E-state index >= 15 is 0 Å². The SMILES string of the molecule is Cc1nc(CNCC(C)(C)C(N)=O)sc1C. The van der Waals surface area contributed by atoms with Gasteiger partial charge in [0, 0.05) is 18.0 Å². The first-order valence-electron chi connectivity index (χ1n) is 5.26. The molecule has 3 N–H and O–H groups in total. The van der Waals surface area contributed by atoms with Crippen LogP contribution in [0.3, 0.4) is 0 Å². The Morgan fingerprint density at radius 1 is 1.50 bits per heavy atom. The number of nitrogens with zero attached hydrogens (tertiary/aromatic N) is 1. The number of amides is 1. The van der Waals surface area contributed by atoms with Gasteiger partial charge in [-0.2, -0.15) is 0 Å². The summed E-state index contributed by atoms with van der Waals surface area (Å²) in [4.78, 5) is 16.7. The lowest BCUT2D eigenvalue weighted by Crippen LogP contribution is -2.40. The quantitative estimate of drug-likeness (QED) is 0.818. The zero-order valence-electron chi connectivity index (χ0n) is 10.3. The maximum Gasteiger partial charge on any atom is 0.224 e. The lowest BCUT2D eigenvalue weighted by Gasteiger charge is -2.20. The number of nitrogens with one attached hydrogen (secondary N) is 1. The molecule has 5 heteroatoms. The van der Waals surface area contributed by atoms with Gasteiger partial charge in [-0.05, 0) is 27.7 Å². The van der Waals surface area contributed by atoms with Crippen LogP contribution in [0.2, 0.25) is 0 Å². The molecule has 0 radical (unpaired) electrons. The molecule has 1 aromatic heterocycles. The van der Waals surface area contributed by atoms with Gasteiger partial charge >= 0.3 is 0 Å². The highest BCUT2D eigenvalue weighted by molar-refractivity contribution is 7.11. The summed E-state index contributed by atoms with van der Waals surface area (Å²) in [7, 11) is 0. The summed E-state index contributed by atoms with van der Waals surface area (Å²) in [5, 5.41) is 4.26. The fourth-order valence-electron chi connectivity index (χ4n) is 1.18. The molecule has 1 aromatic rings. The average Bonchev–Trinajstić information content (AvgIpc) is 2.45. The Morgan fingerprint density at radius 3 is 2.56 bits per heavy atom. The molecule has 16 heavy (non-hydrogen) atoms. The maximum absolute atomic E-state index is 11.1. The normalized spacial score (nSPS) is 11.8. The van der Waals surface area contributed by atoms with Crippen LogP contribution in [0.4, 0.5) is 0 Å². The molecule has 1 amide bonds. The van der Waals surface area contributed by atoms with E-state index in [0.717, 1.165) is 10.7 Å². The Labute approximate surface area is 100 Å². The van der Waals surface area contributed by atoms with Gasteiger partial charge in [-0.15, -0.1) is 11.3 Å². The van der Waals surface area contributed by atoms with Crippen LogP contribution in [0.5, 0.6) is 0 Å². The lowest BCUT2D eigenvalue weighted by molar-refractivity contribution is -0.125. The lowest BCUT2D eigenvalue weighted by atomic mass is 9.93. The third-order valence-electron chi connectivity index (χ3n) is 2.58. The molecule has 0 saturated carbocycles. The van der Waals surface area contributed by atoms with Crippen LogP contribution >= 0.6 is 11.3 Å². The topological polar surface area (TPSA) is 68.0 Å². The minimum absolute atomic E-state index is 0.286. The Morgan fingerprint density at radius 2 is 2.12 bits per heavy atom. The number of hydrogen-bond donors (Lipinski definition) is 2. The summed E-state index contributed by atoms with van der Waals surface area (Å²) in [6.07, 6.45) is 0. The molecule has 0 spiro atoms. The average molecular weight is 241 g/mol. The van der Waals surface area contributed by atoms with Crippen LogP contribution < -0.4 is 11.1 Å². The van der Waals surface area contributed by atoms with E-state index in [2.05, 4.69) is 17.2 Å². The second kappa shape index (κ2) is 4.93. The fourth-order valence-corrected chi connectivity index (χ4v) is 2.09. The summed E-state index contributed by atoms with van der Waals surface area (Å²) in [5.74, 6) is -0.286. The van der Waals surface area contributed by atoms with E-state index < -0.39 is 5.41 Å². The van der Waals surface area contributed by atoms with Gasteiger partial charge < -0.3 is 11.1 Å². The molecular weight excluding hydrogens is 222 g/mol. The molecule has 0 aliphatic carbocycles. The van der Waals surface area contributed by atoms with Gasteiger partial charge in [0.1, 0.15) is 5.01 Å². The predicted molar refractivity (Wildman–Crippen MR) is 66.3 cm³/mol. The molecule has 0 atom stereocenters.